The summed E-state index contributed by atoms with van der Waals surface area (Å²) in [5.74, 6) is 0.551. The van der Waals surface area contributed by atoms with Crippen LogP contribution in [0.3, 0.4) is 0 Å². The van der Waals surface area contributed by atoms with Crippen LogP contribution in [0.15, 0.2) is 30.3 Å². The minimum absolute atomic E-state index is 0.103. The molecular weight excluding hydrogens is 288 g/mol. The molecule has 0 radical (unpaired) electrons. The van der Waals surface area contributed by atoms with E-state index in [4.69, 9.17) is 0 Å². The second kappa shape index (κ2) is 8.14. The van der Waals surface area contributed by atoms with Crippen LogP contribution in [-0.2, 0) is 9.59 Å². The SMILES string of the molecule is CCCC(=O)N1CCN(C(=O)C(c2ccccc2)C(C)C)CC1. The van der Waals surface area contributed by atoms with E-state index in [0.717, 1.165) is 12.0 Å². The summed E-state index contributed by atoms with van der Waals surface area (Å²) >= 11 is 0. The lowest BCUT2D eigenvalue weighted by molar-refractivity contribution is -0.141. The lowest BCUT2D eigenvalue weighted by Crippen LogP contribution is -2.52. The zero-order valence-corrected chi connectivity index (χ0v) is 14.5. The van der Waals surface area contributed by atoms with Crippen LogP contribution in [0.25, 0.3) is 0 Å². The molecule has 4 nitrogen and oxygen atoms in total. The monoisotopic (exact) mass is 316 g/mol. The van der Waals surface area contributed by atoms with E-state index in [1.54, 1.807) is 0 Å². The molecule has 1 aliphatic rings. The maximum absolute atomic E-state index is 13.0. The molecule has 2 rings (SSSR count). The number of hydrogen-bond donors (Lipinski definition) is 0. The van der Waals surface area contributed by atoms with Crippen molar-refractivity contribution in [1.82, 2.24) is 9.80 Å². The summed E-state index contributed by atoms with van der Waals surface area (Å²) in [6.45, 7) is 8.81. The first-order valence-corrected chi connectivity index (χ1v) is 8.66. The van der Waals surface area contributed by atoms with Gasteiger partial charge in [-0.05, 0) is 17.9 Å². The average molecular weight is 316 g/mol. The fraction of sp³-hybridized carbons (Fsp3) is 0.579. The van der Waals surface area contributed by atoms with Gasteiger partial charge in [-0.3, -0.25) is 9.59 Å². The first-order chi connectivity index (χ1) is 11.0. The molecule has 126 valence electrons. The van der Waals surface area contributed by atoms with E-state index in [1.807, 2.05) is 47.1 Å². The number of nitrogens with zero attached hydrogens (tertiary/aromatic N) is 2. The Labute approximate surface area is 139 Å². The Hall–Kier alpha value is -1.84. The molecule has 1 saturated heterocycles. The molecule has 0 aliphatic carbocycles. The Balaban J connectivity index is 2.01. The Morgan fingerprint density at radius 2 is 1.57 bits per heavy atom. The van der Waals surface area contributed by atoms with Crippen LogP contribution in [0.1, 0.15) is 45.1 Å². The predicted octanol–water partition coefficient (Wildman–Crippen LogP) is 2.90. The largest absolute Gasteiger partial charge is 0.339 e. The van der Waals surface area contributed by atoms with Crippen molar-refractivity contribution in [3.63, 3.8) is 0 Å². The Morgan fingerprint density at radius 3 is 2.09 bits per heavy atom. The minimum Gasteiger partial charge on any atom is -0.339 e. The second-order valence-corrected chi connectivity index (χ2v) is 6.59. The van der Waals surface area contributed by atoms with Crippen LogP contribution < -0.4 is 0 Å². The zero-order valence-electron chi connectivity index (χ0n) is 14.5. The van der Waals surface area contributed by atoms with Crippen LogP contribution in [0.5, 0.6) is 0 Å². The van der Waals surface area contributed by atoms with E-state index in [0.29, 0.717) is 32.6 Å². The fourth-order valence-corrected chi connectivity index (χ4v) is 3.22. The maximum Gasteiger partial charge on any atom is 0.230 e. The first-order valence-electron chi connectivity index (χ1n) is 8.66. The summed E-state index contributed by atoms with van der Waals surface area (Å²) in [5.41, 5.74) is 1.08. The number of carbonyl (C=O) groups excluding carboxylic acids is 2. The van der Waals surface area contributed by atoms with Gasteiger partial charge in [0.15, 0.2) is 0 Å². The average Bonchev–Trinajstić information content (AvgIpc) is 2.56. The highest BCUT2D eigenvalue weighted by atomic mass is 16.2. The maximum atomic E-state index is 13.0. The summed E-state index contributed by atoms with van der Waals surface area (Å²) in [4.78, 5) is 28.7. The number of amides is 2. The van der Waals surface area contributed by atoms with Gasteiger partial charge in [-0.25, -0.2) is 0 Å². The van der Waals surface area contributed by atoms with Gasteiger partial charge in [0, 0.05) is 32.6 Å². The molecule has 1 fully saturated rings. The van der Waals surface area contributed by atoms with Gasteiger partial charge in [0.2, 0.25) is 11.8 Å². The minimum atomic E-state index is -0.103. The molecule has 1 aromatic carbocycles. The Kier molecular flexibility index (Phi) is 6.20. The fourth-order valence-electron chi connectivity index (χ4n) is 3.22. The number of hydrogen-bond acceptors (Lipinski definition) is 2. The van der Waals surface area contributed by atoms with Crippen LogP contribution in [0.2, 0.25) is 0 Å². The van der Waals surface area contributed by atoms with E-state index < -0.39 is 0 Å². The summed E-state index contributed by atoms with van der Waals surface area (Å²) in [6.07, 6.45) is 1.48. The quantitative estimate of drug-likeness (QED) is 0.838. The van der Waals surface area contributed by atoms with E-state index in [1.165, 1.54) is 0 Å². The molecule has 0 spiro atoms. The van der Waals surface area contributed by atoms with Gasteiger partial charge in [0.25, 0.3) is 0 Å². The highest BCUT2D eigenvalue weighted by Gasteiger charge is 2.31. The molecule has 1 aliphatic heterocycles. The van der Waals surface area contributed by atoms with E-state index in [-0.39, 0.29) is 23.7 Å². The summed E-state index contributed by atoms with van der Waals surface area (Å²) in [6, 6.07) is 10.0. The molecule has 0 N–H and O–H groups in total. The molecule has 0 bridgehead atoms. The number of piperazine rings is 1. The van der Waals surface area contributed by atoms with Crippen molar-refractivity contribution in [2.75, 3.05) is 26.2 Å². The van der Waals surface area contributed by atoms with E-state index in [2.05, 4.69) is 13.8 Å². The van der Waals surface area contributed by atoms with Crippen molar-refractivity contribution < 1.29 is 9.59 Å². The van der Waals surface area contributed by atoms with Gasteiger partial charge in [-0.2, -0.15) is 0 Å². The number of carbonyl (C=O) groups is 2. The molecule has 0 aromatic heterocycles. The van der Waals surface area contributed by atoms with Crippen LogP contribution in [0, 0.1) is 5.92 Å². The summed E-state index contributed by atoms with van der Waals surface area (Å²) in [7, 11) is 0. The molecule has 23 heavy (non-hydrogen) atoms. The van der Waals surface area contributed by atoms with Crippen LogP contribution in [-0.4, -0.2) is 47.8 Å². The molecular formula is C19H28N2O2. The Bertz CT molecular complexity index is 519. The molecule has 1 atom stereocenters. The van der Waals surface area contributed by atoms with Gasteiger partial charge in [0.1, 0.15) is 0 Å². The van der Waals surface area contributed by atoms with Crippen LogP contribution in [0.4, 0.5) is 0 Å². The van der Waals surface area contributed by atoms with Gasteiger partial charge in [-0.15, -0.1) is 0 Å². The summed E-state index contributed by atoms with van der Waals surface area (Å²) in [5, 5.41) is 0. The highest BCUT2D eigenvalue weighted by Crippen LogP contribution is 2.27. The van der Waals surface area contributed by atoms with Crippen molar-refractivity contribution >= 4 is 11.8 Å². The standard InChI is InChI=1S/C19H28N2O2/c1-4-8-17(22)20-11-13-21(14-12-20)19(23)18(15(2)3)16-9-6-5-7-10-16/h5-7,9-10,15,18H,4,8,11-14H2,1-3H3. The third kappa shape index (κ3) is 4.34. The lowest BCUT2D eigenvalue weighted by atomic mass is 9.87. The van der Waals surface area contributed by atoms with Crippen molar-refractivity contribution in [2.45, 2.75) is 39.5 Å². The topological polar surface area (TPSA) is 40.6 Å². The number of rotatable bonds is 5. The van der Waals surface area contributed by atoms with Gasteiger partial charge >= 0.3 is 0 Å². The normalized spacial score (nSPS) is 16.5. The van der Waals surface area contributed by atoms with Crippen molar-refractivity contribution in [1.29, 1.82) is 0 Å². The molecule has 1 aromatic rings. The third-order valence-electron chi connectivity index (χ3n) is 4.50. The second-order valence-electron chi connectivity index (χ2n) is 6.59. The van der Waals surface area contributed by atoms with Gasteiger partial charge < -0.3 is 9.80 Å². The molecule has 1 heterocycles. The van der Waals surface area contributed by atoms with E-state index >= 15 is 0 Å². The van der Waals surface area contributed by atoms with Gasteiger partial charge in [-0.1, -0.05) is 51.1 Å². The molecule has 4 heteroatoms. The Morgan fingerprint density at radius 1 is 1.00 bits per heavy atom. The molecule has 1 unspecified atom stereocenters. The van der Waals surface area contributed by atoms with E-state index in [9.17, 15) is 9.59 Å². The highest BCUT2D eigenvalue weighted by molar-refractivity contribution is 5.84. The molecule has 2 amide bonds. The molecule has 0 saturated carbocycles. The smallest absolute Gasteiger partial charge is 0.230 e. The predicted molar refractivity (Wildman–Crippen MR) is 92.1 cm³/mol. The van der Waals surface area contributed by atoms with Crippen molar-refractivity contribution in [3.8, 4) is 0 Å². The number of benzene rings is 1. The van der Waals surface area contributed by atoms with Crippen molar-refractivity contribution in [2.24, 2.45) is 5.92 Å². The third-order valence-corrected chi connectivity index (χ3v) is 4.50. The summed E-state index contributed by atoms with van der Waals surface area (Å²) < 4.78 is 0. The van der Waals surface area contributed by atoms with Crippen molar-refractivity contribution in [3.05, 3.63) is 35.9 Å². The van der Waals surface area contributed by atoms with Crippen LogP contribution >= 0.6 is 0 Å². The lowest BCUT2D eigenvalue weighted by Gasteiger charge is -2.37. The van der Waals surface area contributed by atoms with Gasteiger partial charge in [0.05, 0.1) is 5.92 Å². The first kappa shape index (κ1) is 17.5. The zero-order chi connectivity index (χ0) is 16.8.